The zero-order valence-corrected chi connectivity index (χ0v) is 19.7. The molecule has 0 fully saturated rings. The molecule has 2 aromatic carbocycles. The van der Waals surface area contributed by atoms with Crippen LogP contribution in [0.4, 0.5) is 0 Å². The topological polar surface area (TPSA) is 92.8 Å². The second-order valence-corrected chi connectivity index (χ2v) is 8.97. The van der Waals surface area contributed by atoms with E-state index in [0.717, 1.165) is 28.4 Å². The lowest BCUT2D eigenvalue weighted by molar-refractivity contribution is 0.171. The minimum absolute atomic E-state index is 0.131. The number of methoxy groups -OCH3 is 1. The molecule has 1 aliphatic heterocycles. The molecule has 6 rings (SSSR count). The third-order valence-electron chi connectivity index (χ3n) is 5.77. The second kappa shape index (κ2) is 8.95. The molecule has 1 aliphatic rings. The van der Waals surface area contributed by atoms with Gasteiger partial charge in [0, 0.05) is 18.1 Å². The van der Waals surface area contributed by atoms with E-state index in [0.29, 0.717) is 47.3 Å². The molecule has 3 aromatic heterocycles. The fourth-order valence-corrected chi connectivity index (χ4v) is 4.74. The number of ether oxygens (including phenoxy) is 3. The van der Waals surface area contributed by atoms with E-state index >= 15 is 0 Å². The van der Waals surface area contributed by atoms with E-state index < -0.39 is 0 Å². The van der Waals surface area contributed by atoms with Gasteiger partial charge >= 0.3 is 0 Å². The van der Waals surface area contributed by atoms with Crippen molar-refractivity contribution in [2.45, 2.75) is 17.5 Å². The molecule has 0 bridgehead atoms. The normalized spacial score (nSPS) is 12.8. The third-order valence-corrected chi connectivity index (χ3v) is 6.68. The van der Waals surface area contributed by atoms with Crippen LogP contribution < -0.4 is 19.8 Å². The van der Waals surface area contributed by atoms with E-state index in [4.69, 9.17) is 14.2 Å². The fourth-order valence-electron chi connectivity index (χ4n) is 3.98. The monoisotopic (exact) mass is 487 g/mol. The molecule has 10 heteroatoms. The SMILES string of the molecule is COc1ccc(Cn2ccc3c(cnc4nc(SCc5ccc6c(c5)OCCO6)nn43)c2=O)cc1. The summed E-state index contributed by atoms with van der Waals surface area (Å²) in [6, 6.07) is 15.4. The maximum Gasteiger partial charge on any atom is 0.261 e. The second-order valence-electron chi connectivity index (χ2n) is 8.03. The molecule has 5 aromatic rings. The first-order valence-corrected chi connectivity index (χ1v) is 12.1. The van der Waals surface area contributed by atoms with Crippen LogP contribution in [0.15, 0.2) is 70.9 Å². The molecule has 9 nitrogen and oxygen atoms in total. The summed E-state index contributed by atoms with van der Waals surface area (Å²) in [6.07, 6.45) is 3.35. The van der Waals surface area contributed by atoms with Crippen LogP contribution in [0.1, 0.15) is 11.1 Å². The number of hydrogen-bond acceptors (Lipinski definition) is 8. The molecule has 0 amide bonds. The highest BCUT2D eigenvalue weighted by Gasteiger charge is 2.14. The Morgan fingerprint density at radius 3 is 2.66 bits per heavy atom. The van der Waals surface area contributed by atoms with Gasteiger partial charge in [-0.05, 0) is 41.5 Å². The standard InChI is InChI=1S/C25H21N5O4S/c1-32-18-5-2-16(3-6-18)14-29-9-8-20-19(23(29)31)13-26-24-27-25(28-30(20)24)35-15-17-4-7-21-22(12-17)34-11-10-33-21/h2-9,12-13H,10-11,14-15H2,1H3. The van der Waals surface area contributed by atoms with E-state index in [1.807, 2.05) is 48.5 Å². The summed E-state index contributed by atoms with van der Waals surface area (Å²) in [5, 5.41) is 5.68. The highest BCUT2D eigenvalue weighted by Crippen LogP contribution is 2.32. The number of aromatic nitrogens is 5. The van der Waals surface area contributed by atoms with Crippen LogP contribution in [-0.2, 0) is 12.3 Å². The molecule has 35 heavy (non-hydrogen) atoms. The van der Waals surface area contributed by atoms with Crippen molar-refractivity contribution in [1.29, 1.82) is 0 Å². The van der Waals surface area contributed by atoms with Crippen LogP contribution in [0, 0.1) is 0 Å². The molecule has 4 heterocycles. The highest BCUT2D eigenvalue weighted by atomic mass is 32.2. The number of nitrogens with zero attached hydrogens (tertiary/aromatic N) is 5. The van der Waals surface area contributed by atoms with Gasteiger partial charge in [0.05, 0.1) is 24.6 Å². The Balaban J connectivity index is 1.25. The van der Waals surface area contributed by atoms with E-state index in [1.165, 1.54) is 11.8 Å². The van der Waals surface area contributed by atoms with Crippen molar-refractivity contribution in [1.82, 2.24) is 24.1 Å². The molecule has 0 aliphatic carbocycles. The van der Waals surface area contributed by atoms with Gasteiger partial charge in [0.1, 0.15) is 19.0 Å². The lowest BCUT2D eigenvalue weighted by Gasteiger charge is -2.18. The van der Waals surface area contributed by atoms with Crippen molar-refractivity contribution in [3.63, 3.8) is 0 Å². The molecule has 0 saturated heterocycles. The first kappa shape index (κ1) is 21.5. The Hall–Kier alpha value is -4.05. The summed E-state index contributed by atoms with van der Waals surface area (Å²) >= 11 is 1.50. The average Bonchev–Trinajstić information content (AvgIpc) is 3.33. The van der Waals surface area contributed by atoms with Crippen molar-refractivity contribution >= 4 is 28.4 Å². The fraction of sp³-hybridized carbons (Fsp3) is 0.200. The maximum atomic E-state index is 13.1. The summed E-state index contributed by atoms with van der Waals surface area (Å²) in [6.45, 7) is 1.57. The molecule has 176 valence electrons. The zero-order valence-electron chi connectivity index (χ0n) is 18.9. The van der Waals surface area contributed by atoms with Crippen LogP contribution in [-0.4, -0.2) is 44.5 Å². The van der Waals surface area contributed by atoms with Crippen LogP contribution >= 0.6 is 11.8 Å². The minimum atomic E-state index is -0.131. The molecule has 0 saturated carbocycles. The number of hydrogen-bond donors (Lipinski definition) is 0. The Morgan fingerprint density at radius 1 is 1.03 bits per heavy atom. The number of thioether (sulfide) groups is 1. The summed E-state index contributed by atoms with van der Waals surface area (Å²) in [5.74, 6) is 3.43. The van der Waals surface area contributed by atoms with Gasteiger partial charge in [0.15, 0.2) is 11.5 Å². The van der Waals surface area contributed by atoms with Crippen molar-refractivity contribution < 1.29 is 14.2 Å². The number of pyridine rings is 1. The van der Waals surface area contributed by atoms with Crippen molar-refractivity contribution in [2.75, 3.05) is 20.3 Å². The van der Waals surface area contributed by atoms with Gasteiger partial charge in [-0.15, -0.1) is 5.10 Å². The van der Waals surface area contributed by atoms with Gasteiger partial charge in [-0.2, -0.15) is 9.50 Å². The average molecular weight is 488 g/mol. The predicted octanol–water partition coefficient (Wildman–Crippen LogP) is 3.56. The Kier molecular flexibility index (Phi) is 5.49. The van der Waals surface area contributed by atoms with Crippen LogP contribution in [0.3, 0.4) is 0 Å². The summed E-state index contributed by atoms with van der Waals surface area (Å²) in [4.78, 5) is 22.1. The highest BCUT2D eigenvalue weighted by molar-refractivity contribution is 7.98. The minimum Gasteiger partial charge on any atom is -0.497 e. The van der Waals surface area contributed by atoms with Crippen molar-refractivity contribution in [2.24, 2.45) is 0 Å². The number of rotatable bonds is 6. The lowest BCUT2D eigenvalue weighted by atomic mass is 10.2. The summed E-state index contributed by atoms with van der Waals surface area (Å²) in [5.41, 5.74) is 2.62. The molecule has 0 radical (unpaired) electrons. The quantitative estimate of drug-likeness (QED) is 0.336. The van der Waals surface area contributed by atoms with E-state index in [9.17, 15) is 4.79 Å². The van der Waals surface area contributed by atoms with Gasteiger partial charge in [0.25, 0.3) is 11.3 Å². The van der Waals surface area contributed by atoms with E-state index in [1.54, 1.807) is 28.6 Å². The Bertz CT molecular complexity index is 1600. The Labute approximate surface area is 204 Å². The molecule has 0 atom stereocenters. The third kappa shape index (κ3) is 4.17. The first-order valence-electron chi connectivity index (χ1n) is 11.1. The van der Waals surface area contributed by atoms with Gasteiger partial charge in [-0.3, -0.25) is 4.79 Å². The smallest absolute Gasteiger partial charge is 0.261 e. The Morgan fingerprint density at radius 2 is 1.83 bits per heavy atom. The number of fused-ring (bicyclic) bond motifs is 4. The first-order chi connectivity index (χ1) is 17.2. The van der Waals surface area contributed by atoms with Crippen molar-refractivity contribution in [3.05, 3.63) is 82.4 Å². The van der Waals surface area contributed by atoms with E-state index in [-0.39, 0.29) is 5.56 Å². The number of benzene rings is 2. The van der Waals surface area contributed by atoms with E-state index in [2.05, 4.69) is 15.1 Å². The van der Waals surface area contributed by atoms with Crippen LogP contribution in [0.25, 0.3) is 16.7 Å². The van der Waals surface area contributed by atoms with Gasteiger partial charge < -0.3 is 18.8 Å². The van der Waals surface area contributed by atoms with Crippen LogP contribution in [0.5, 0.6) is 17.2 Å². The van der Waals surface area contributed by atoms with Crippen LogP contribution in [0.2, 0.25) is 0 Å². The maximum absolute atomic E-state index is 13.1. The largest absolute Gasteiger partial charge is 0.497 e. The molecule has 0 spiro atoms. The molecular weight excluding hydrogens is 466 g/mol. The lowest BCUT2D eigenvalue weighted by Crippen LogP contribution is -2.21. The molecular formula is C25H21N5O4S. The molecule has 0 N–H and O–H groups in total. The van der Waals surface area contributed by atoms with Gasteiger partial charge in [-0.25, -0.2) is 4.98 Å². The summed E-state index contributed by atoms with van der Waals surface area (Å²) < 4.78 is 19.7. The van der Waals surface area contributed by atoms with Crippen molar-refractivity contribution in [3.8, 4) is 17.2 Å². The summed E-state index contributed by atoms with van der Waals surface area (Å²) in [7, 11) is 1.63. The van der Waals surface area contributed by atoms with Gasteiger partial charge in [0.2, 0.25) is 5.16 Å². The van der Waals surface area contributed by atoms with Gasteiger partial charge in [-0.1, -0.05) is 30.0 Å². The molecule has 0 unspecified atom stereocenters. The zero-order chi connectivity index (χ0) is 23.8. The predicted molar refractivity (Wildman–Crippen MR) is 132 cm³/mol.